The molecule has 1 aromatic rings. The van der Waals surface area contributed by atoms with Gasteiger partial charge in [-0.25, -0.2) is 0 Å². The molecule has 3 nitrogen and oxygen atoms in total. The monoisotopic (exact) mass is 185 g/mol. The van der Waals surface area contributed by atoms with Gasteiger partial charge in [-0.2, -0.15) is 0 Å². The van der Waals surface area contributed by atoms with E-state index in [2.05, 4.69) is 9.97 Å². The summed E-state index contributed by atoms with van der Waals surface area (Å²) in [4.78, 5) is 7.69. The summed E-state index contributed by atoms with van der Waals surface area (Å²) >= 11 is 0. The van der Waals surface area contributed by atoms with Gasteiger partial charge in [0.2, 0.25) is 0 Å². The summed E-state index contributed by atoms with van der Waals surface area (Å²) in [5, 5.41) is 2.13. The zero-order valence-corrected chi connectivity index (χ0v) is 7.72. The van der Waals surface area contributed by atoms with E-state index in [1.54, 1.807) is 12.4 Å². The molecule has 2 aliphatic heterocycles. The lowest BCUT2D eigenvalue weighted by atomic mass is 10.2. The van der Waals surface area contributed by atoms with E-state index in [0.717, 1.165) is 10.7 Å². The van der Waals surface area contributed by atoms with E-state index in [0.29, 0.717) is 6.54 Å². The van der Waals surface area contributed by atoms with E-state index in [1.807, 2.05) is 30.3 Å². The molecule has 0 amide bonds. The molecule has 0 unspecified atom stereocenters. The van der Waals surface area contributed by atoms with Crippen molar-refractivity contribution >= 4 is 0 Å². The lowest BCUT2D eigenvalue weighted by molar-refractivity contribution is 0.979. The predicted molar refractivity (Wildman–Crippen MR) is 54.0 cm³/mol. The Bertz CT molecular complexity index is 443. The van der Waals surface area contributed by atoms with Crippen molar-refractivity contribution in [3.8, 4) is 0 Å². The fraction of sp³-hybridized carbons (Fsp3) is 0.0909. The maximum absolute atomic E-state index is 5.35. The number of aromatic nitrogens is 2. The normalized spacial score (nSPS) is 10.1. The summed E-state index contributed by atoms with van der Waals surface area (Å²) in [6.07, 6.45) is 3.52. The Kier molecular flexibility index (Phi) is 2.51. The molecule has 0 saturated heterocycles. The van der Waals surface area contributed by atoms with Crippen molar-refractivity contribution in [2.75, 3.05) is 0 Å². The van der Waals surface area contributed by atoms with Crippen LogP contribution in [-0.2, 0) is 6.54 Å². The summed E-state index contributed by atoms with van der Waals surface area (Å²) in [7, 11) is 0. The van der Waals surface area contributed by atoms with E-state index in [4.69, 9.17) is 5.73 Å². The Morgan fingerprint density at radius 3 is 1.71 bits per heavy atom. The Labute approximate surface area is 81.9 Å². The van der Waals surface area contributed by atoms with Gasteiger partial charge in [0.25, 0.3) is 0 Å². The Morgan fingerprint density at radius 2 is 1.50 bits per heavy atom. The van der Waals surface area contributed by atoms with Gasteiger partial charge < -0.3 is 5.73 Å². The molecule has 0 radical (unpaired) electrons. The van der Waals surface area contributed by atoms with Crippen LogP contribution in [0.2, 0.25) is 0 Å². The third-order valence-corrected chi connectivity index (χ3v) is 1.99. The van der Waals surface area contributed by atoms with Crippen LogP contribution in [0.1, 0.15) is 5.56 Å². The van der Waals surface area contributed by atoms with Crippen LogP contribution >= 0.6 is 0 Å². The molecule has 0 aromatic heterocycles. The quantitative estimate of drug-likeness (QED) is 0.620. The largest absolute Gasteiger partial charge is 0.326 e. The Balaban J connectivity index is 0.000000110. The van der Waals surface area contributed by atoms with Gasteiger partial charge in [0, 0.05) is 6.54 Å². The zero-order chi connectivity index (χ0) is 9.80. The van der Waals surface area contributed by atoms with Crippen LogP contribution in [0.15, 0.2) is 42.7 Å². The molecule has 0 spiro atoms. The summed E-state index contributed by atoms with van der Waals surface area (Å²) in [5.41, 5.74) is 6.54. The first-order valence-electron chi connectivity index (χ1n) is 4.46. The van der Waals surface area contributed by atoms with Crippen molar-refractivity contribution in [1.82, 2.24) is 9.97 Å². The Morgan fingerprint density at radius 1 is 0.929 bits per heavy atom. The lowest BCUT2D eigenvalue weighted by Gasteiger charge is -1.93. The highest BCUT2D eigenvalue weighted by Crippen LogP contribution is 1.94. The van der Waals surface area contributed by atoms with E-state index < -0.39 is 0 Å². The van der Waals surface area contributed by atoms with Gasteiger partial charge >= 0.3 is 0 Å². The minimum Gasteiger partial charge on any atom is -0.326 e. The fourth-order valence-electron chi connectivity index (χ4n) is 1.07. The summed E-state index contributed by atoms with van der Waals surface area (Å²) < 4.78 is 0. The van der Waals surface area contributed by atoms with Crippen LogP contribution in [-0.4, -0.2) is 9.97 Å². The topological polar surface area (TPSA) is 51.8 Å². The summed E-state index contributed by atoms with van der Waals surface area (Å²) in [6.45, 7) is 0.640. The molecule has 0 fully saturated rings. The highest BCUT2D eigenvalue weighted by atomic mass is 14.8. The van der Waals surface area contributed by atoms with E-state index in [-0.39, 0.29) is 0 Å². The molecule has 0 bridgehead atoms. The van der Waals surface area contributed by atoms with Gasteiger partial charge in [-0.3, -0.25) is 9.97 Å². The van der Waals surface area contributed by atoms with Crippen LogP contribution in [0.4, 0.5) is 0 Å². The minimum atomic E-state index is 0.640. The molecule has 70 valence electrons. The van der Waals surface area contributed by atoms with Gasteiger partial charge in [-0.1, -0.05) is 30.3 Å². The van der Waals surface area contributed by atoms with Crippen molar-refractivity contribution in [2.45, 2.75) is 6.54 Å². The number of benzene rings is 1. The molecule has 3 heteroatoms. The number of rotatable bonds is 1. The molecular weight excluding hydrogens is 174 g/mol. The van der Waals surface area contributed by atoms with Gasteiger partial charge in [0.05, 0.1) is 12.4 Å². The maximum atomic E-state index is 5.35. The van der Waals surface area contributed by atoms with Gasteiger partial charge in [0.1, 0.15) is 10.7 Å². The summed E-state index contributed by atoms with van der Waals surface area (Å²) in [5.74, 6) is 0. The fourth-order valence-corrected chi connectivity index (χ4v) is 1.07. The Hall–Kier alpha value is -1.74. The standard InChI is InChI=1S/C7H9N.C4H2N2/c8-6-7-4-2-1-3-5-7;1-3-4(5-1)2-6-3/h1-5H,6,8H2;1-2H. The zero-order valence-electron chi connectivity index (χ0n) is 7.72. The highest BCUT2D eigenvalue weighted by molar-refractivity contribution is 5.13. The molecular formula is C11H11N3. The third-order valence-electron chi connectivity index (χ3n) is 1.99. The molecule has 3 rings (SSSR count). The first kappa shape index (κ1) is 8.84. The van der Waals surface area contributed by atoms with Crippen LogP contribution in [0.25, 0.3) is 0 Å². The second-order valence-corrected chi connectivity index (χ2v) is 2.98. The molecule has 14 heavy (non-hydrogen) atoms. The van der Waals surface area contributed by atoms with E-state index in [1.165, 1.54) is 5.56 Å². The first-order valence-corrected chi connectivity index (χ1v) is 4.46. The first-order chi connectivity index (χ1) is 6.90. The number of hydrogen-bond acceptors (Lipinski definition) is 3. The summed E-state index contributed by atoms with van der Waals surface area (Å²) in [6, 6.07) is 9.99. The van der Waals surface area contributed by atoms with Crippen LogP contribution in [0.3, 0.4) is 0 Å². The molecule has 2 heterocycles. The van der Waals surface area contributed by atoms with Gasteiger partial charge in [-0.05, 0) is 5.56 Å². The van der Waals surface area contributed by atoms with E-state index in [9.17, 15) is 0 Å². The van der Waals surface area contributed by atoms with Crippen LogP contribution in [0, 0.1) is 10.7 Å². The number of hydrogen-bond donors (Lipinski definition) is 1. The van der Waals surface area contributed by atoms with Gasteiger partial charge in [0.15, 0.2) is 0 Å². The van der Waals surface area contributed by atoms with Crippen LogP contribution in [0.5, 0.6) is 0 Å². The minimum absolute atomic E-state index is 0.640. The van der Waals surface area contributed by atoms with Crippen molar-refractivity contribution in [2.24, 2.45) is 5.73 Å². The number of nitrogens with zero attached hydrogens (tertiary/aromatic N) is 2. The molecule has 0 saturated carbocycles. The second kappa shape index (κ2) is 3.98. The molecule has 1 aromatic carbocycles. The van der Waals surface area contributed by atoms with Crippen molar-refractivity contribution in [3.63, 3.8) is 0 Å². The van der Waals surface area contributed by atoms with Crippen molar-refractivity contribution < 1.29 is 0 Å². The van der Waals surface area contributed by atoms with Gasteiger partial charge in [-0.15, -0.1) is 0 Å². The maximum Gasteiger partial charge on any atom is 0.109 e. The number of nitrogens with two attached hydrogens (primary N) is 1. The third kappa shape index (κ3) is 1.78. The molecule has 2 N–H and O–H groups in total. The second-order valence-electron chi connectivity index (χ2n) is 2.98. The predicted octanol–water partition coefficient (Wildman–Crippen LogP) is 1.22. The van der Waals surface area contributed by atoms with Crippen molar-refractivity contribution in [1.29, 1.82) is 0 Å². The SMILES string of the molecule is NCc1ccccc1.c1nc2cnc1=2. The average Bonchev–Trinajstić information content (AvgIpc) is 2.25. The molecule has 0 atom stereocenters. The molecule has 0 aliphatic carbocycles. The van der Waals surface area contributed by atoms with Crippen LogP contribution < -0.4 is 5.73 Å². The average molecular weight is 185 g/mol. The van der Waals surface area contributed by atoms with Crippen molar-refractivity contribution in [3.05, 3.63) is 59.0 Å². The highest BCUT2D eigenvalue weighted by Gasteiger charge is 1.93. The lowest BCUT2D eigenvalue weighted by Crippen LogP contribution is -1.94. The van der Waals surface area contributed by atoms with E-state index >= 15 is 0 Å². The molecule has 2 aliphatic rings. The smallest absolute Gasteiger partial charge is 0.109 e.